The second kappa shape index (κ2) is 8.08. The number of benzene rings is 1. The number of amides is 2. The van der Waals surface area contributed by atoms with Crippen molar-refractivity contribution in [2.24, 2.45) is 5.92 Å². The van der Waals surface area contributed by atoms with Crippen LogP contribution in [0.5, 0.6) is 0 Å². The number of hydrogen-bond acceptors (Lipinski definition) is 4. The first-order valence-corrected chi connectivity index (χ1v) is 9.95. The van der Waals surface area contributed by atoms with Gasteiger partial charge in [-0.3, -0.25) is 14.9 Å². The molecule has 1 aromatic heterocycles. The molecule has 144 valence electrons. The van der Waals surface area contributed by atoms with Crippen LogP contribution >= 0.6 is 0 Å². The predicted octanol–water partition coefficient (Wildman–Crippen LogP) is 2.82. The number of fused-ring (bicyclic) bond motifs is 4. The van der Waals surface area contributed by atoms with E-state index in [1.807, 2.05) is 4.90 Å². The zero-order valence-electron chi connectivity index (χ0n) is 15.9. The molecule has 1 aromatic carbocycles. The summed E-state index contributed by atoms with van der Waals surface area (Å²) in [6.45, 7) is 6.67. The molecule has 2 amide bonds. The lowest BCUT2D eigenvalue weighted by Gasteiger charge is -2.35. The van der Waals surface area contributed by atoms with Gasteiger partial charge in [-0.2, -0.15) is 0 Å². The van der Waals surface area contributed by atoms with Crippen LogP contribution in [0.1, 0.15) is 31.7 Å². The smallest absolute Gasteiger partial charge is 0.320 e. The zero-order valence-corrected chi connectivity index (χ0v) is 15.9. The summed E-state index contributed by atoms with van der Waals surface area (Å²) in [6.07, 6.45) is 5.07. The lowest BCUT2D eigenvalue weighted by Crippen LogP contribution is -2.49. The molecule has 3 fully saturated rings. The van der Waals surface area contributed by atoms with Crippen molar-refractivity contribution in [1.82, 2.24) is 24.8 Å². The van der Waals surface area contributed by atoms with Gasteiger partial charge in [-0.05, 0) is 30.7 Å². The van der Waals surface area contributed by atoms with E-state index in [0.717, 1.165) is 45.6 Å². The van der Waals surface area contributed by atoms with Crippen LogP contribution in [0.4, 0.5) is 10.6 Å². The van der Waals surface area contributed by atoms with E-state index >= 15 is 0 Å². The van der Waals surface area contributed by atoms with Gasteiger partial charge in [0.1, 0.15) is 0 Å². The molecule has 3 aliphatic rings. The molecule has 7 nitrogen and oxygen atoms in total. The van der Waals surface area contributed by atoms with Gasteiger partial charge in [-0.25, -0.2) is 4.79 Å². The van der Waals surface area contributed by atoms with E-state index in [9.17, 15) is 4.79 Å². The van der Waals surface area contributed by atoms with Gasteiger partial charge in [0.05, 0.1) is 6.20 Å². The SMILES string of the molecule is CCCn1cc(NC(=O)N2C[C@@H]3CC[C@H]2CN(Cc2ccccc2)C3)nn1. The third kappa shape index (κ3) is 4.30. The number of carbonyl (C=O) groups is 1. The van der Waals surface area contributed by atoms with Gasteiger partial charge in [0.25, 0.3) is 0 Å². The number of anilines is 1. The molecule has 7 heteroatoms. The van der Waals surface area contributed by atoms with Crippen molar-refractivity contribution >= 4 is 11.8 Å². The Morgan fingerprint density at radius 2 is 2.04 bits per heavy atom. The van der Waals surface area contributed by atoms with E-state index in [4.69, 9.17) is 0 Å². The Balaban J connectivity index is 1.40. The second-order valence-corrected chi connectivity index (χ2v) is 7.73. The van der Waals surface area contributed by atoms with Gasteiger partial charge in [-0.15, -0.1) is 5.10 Å². The Morgan fingerprint density at radius 1 is 1.19 bits per heavy atom. The summed E-state index contributed by atoms with van der Waals surface area (Å²) in [7, 11) is 0. The Bertz CT molecular complexity index is 761. The summed E-state index contributed by atoms with van der Waals surface area (Å²) in [6, 6.07) is 10.8. The van der Waals surface area contributed by atoms with Gasteiger partial charge in [-0.1, -0.05) is 42.5 Å². The molecule has 0 saturated carbocycles. The zero-order chi connectivity index (χ0) is 18.6. The van der Waals surface area contributed by atoms with Crippen molar-refractivity contribution < 1.29 is 4.79 Å². The molecular weight excluding hydrogens is 340 g/mol. The third-order valence-corrected chi connectivity index (χ3v) is 5.53. The maximum atomic E-state index is 12.9. The van der Waals surface area contributed by atoms with Crippen LogP contribution in [0.3, 0.4) is 0 Å². The van der Waals surface area contributed by atoms with Gasteiger partial charge < -0.3 is 4.90 Å². The monoisotopic (exact) mass is 368 g/mol. The topological polar surface area (TPSA) is 66.3 Å². The van der Waals surface area contributed by atoms with Crippen LogP contribution in [0.15, 0.2) is 36.5 Å². The molecule has 1 N–H and O–H groups in total. The number of rotatable bonds is 5. The average molecular weight is 368 g/mol. The summed E-state index contributed by atoms with van der Waals surface area (Å²) in [4.78, 5) is 17.4. The summed E-state index contributed by atoms with van der Waals surface area (Å²) >= 11 is 0. The minimum atomic E-state index is -0.0465. The van der Waals surface area contributed by atoms with E-state index in [0.29, 0.717) is 11.7 Å². The number of aryl methyl sites for hydroxylation is 1. The fraction of sp³-hybridized carbons (Fsp3) is 0.550. The van der Waals surface area contributed by atoms with Crippen LogP contribution in [0.25, 0.3) is 0 Å². The van der Waals surface area contributed by atoms with Crippen molar-refractivity contribution in [2.45, 2.75) is 45.3 Å². The predicted molar refractivity (Wildman–Crippen MR) is 104 cm³/mol. The van der Waals surface area contributed by atoms with Crippen LogP contribution in [-0.4, -0.2) is 56.5 Å². The standard InChI is InChI=1S/C20H28N6O/c1-2-10-25-15-19(22-23-25)21-20(27)26-13-17-8-9-18(26)14-24(12-17)11-16-6-4-3-5-7-16/h3-7,15,17-18H,2,8-14H2,1H3,(H,21,27)/t17-,18+/m1/s1. The number of hydrogen-bond donors (Lipinski definition) is 1. The number of piperidine rings is 1. The number of urea groups is 1. The van der Waals surface area contributed by atoms with E-state index in [1.165, 1.54) is 12.0 Å². The Kier molecular flexibility index (Phi) is 5.38. The van der Waals surface area contributed by atoms with Gasteiger partial charge >= 0.3 is 6.03 Å². The van der Waals surface area contributed by atoms with Crippen molar-refractivity contribution in [2.75, 3.05) is 25.0 Å². The number of nitrogens with zero attached hydrogens (tertiary/aromatic N) is 5. The van der Waals surface area contributed by atoms with Crippen molar-refractivity contribution in [3.05, 3.63) is 42.1 Å². The minimum Gasteiger partial charge on any atom is -0.320 e. The molecule has 2 bridgehead atoms. The molecule has 27 heavy (non-hydrogen) atoms. The molecule has 0 spiro atoms. The summed E-state index contributed by atoms with van der Waals surface area (Å²) in [5.41, 5.74) is 1.34. The second-order valence-electron chi connectivity index (χ2n) is 7.73. The molecule has 2 aromatic rings. The average Bonchev–Trinajstić information content (AvgIpc) is 2.92. The number of nitrogens with one attached hydrogen (secondary N) is 1. The highest BCUT2D eigenvalue weighted by Crippen LogP contribution is 2.29. The molecule has 2 atom stereocenters. The third-order valence-electron chi connectivity index (χ3n) is 5.53. The lowest BCUT2D eigenvalue weighted by molar-refractivity contribution is 0.151. The molecule has 5 rings (SSSR count). The van der Waals surface area contributed by atoms with Crippen LogP contribution in [-0.2, 0) is 13.1 Å². The van der Waals surface area contributed by atoms with Crippen LogP contribution < -0.4 is 5.32 Å². The van der Waals surface area contributed by atoms with Gasteiger partial charge in [0.2, 0.25) is 0 Å². The molecule has 0 aliphatic carbocycles. The minimum absolute atomic E-state index is 0.0465. The first kappa shape index (κ1) is 18.0. The first-order valence-electron chi connectivity index (χ1n) is 9.95. The normalized spacial score (nSPS) is 22.6. The molecule has 4 heterocycles. The van der Waals surface area contributed by atoms with Crippen LogP contribution in [0.2, 0.25) is 0 Å². The largest absolute Gasteiger partial charge is 0.323 e. The van der Waals surface area contributed by atoms with E-state index in [1.54, 1.807) is 10.9 Å². The Hall–Kier alpha value is -2.41. The van der Waals surface area contributed by atoms with Gasteiger partial charge in [0.15, 0.2) is 5.82 Å². The fourth-order valence-corrected chi connectivity index (χ4v) is 4.27. The fourth-order valence-electron chi connectivity index (χ4n) is 4.27. The molecular formula is C20H28N6O. The van der Waals surface area contributed by atoms with Crippen molar-refractivity contribution in [3.63, 3.8) is 0 Å². The van der Waals surface area contributed by atoms with Crippen molar-refractivity contribution in [3.8, 4) is 0 Å². The molecule has 0 unspecified atom stereocenters. The molecule has 3 aliphatic heterocycles. The maximum absolute atomic E-state index is 12.9. The summed E-state index contributed by atoms with van der Waals surface area (Å²) in [5, 5.41) is 11.1. The highest BCUT2D eigenvalue weighted by molar-refractivity contribution is 5.88. The Morgan fingerprint density at radius 3 is 2.85 bits per heavy atom. The van der Waals surface area contributed by atoms with Crippen LogP contribution in [0, 0.1) is 5.92 Å². The maximum Gasteiger partial charge on any atom is 0.323 e. The highest BCUT2D eigenvalue weighted by Gasteiger charge is 2.37. The van der Waals surface area contributed by atoms with E-state index in [2.05, 4.69) is 57.8 Å². The lowest BCUT2D eigenvalue weighted by atomic mass is 9.95. The summed E-state index contributed by atoms with van der Waals surface area (Å²) in [5.74, 6) is 1.07. The number of carbonyl (C=O) groups excluding carboxylic acids is 1. The summed E-state index contributed by atoms with van der Waals surface area (Å²) < 4.78 is 1.77. The van der Waals surface area contributed by atoms with E-state index in [-0.39, 0.29) is 12.1 Å². The first-order chi connectivity index (χ1) is 13.2. The van der Waals surface area contributed by atoms with Crippen molar-refractivity contribution in [1.29, 1.82) is 0 Å². The quantitative estimate of drug-likeness (QED) is 0.881. The number of aromatic nitrogens is 3. The molecule has 3 saturated heterocycles. The van der Waals surface area contributed by atoms with E-state index < -0.39 is 0 Å². The highest BCUT2D eigenvalue weighted by atomic mass is 16.2. The van der Waals surface area contributed by atoms with Gasteiger partial charge in [0, 0.05) is 38.8 Å². The Labute approximate surface area is 160 Å². The molecule has 0 radical (unpaired) electrons.